The summed E-state index contributed by atoms with van der Waals surface area (Å²) in [6.45, 7) is 0. The predicted molar refractivity (Wildman–Crippen MR) is 96.4 cm³/mol. The normalized spacial score (nSPS) is 12.0. The fraction of sp³-hybridized carbons (Fsp3) is 0.158. The van der Waals surface area contributed by atoms with Crippen LogP contribution in [0.25, 0.3) is 0 Å². The zero-order valence-electron chi connectivity index (χ0n) is 14.4. The van der Waals surface area contributed by atoms with Crippen molar-refractivity contribution < 1.29 is 0 Å². The van der Waals surface area contributed by atoms with E-state index in [0.717, 1.165) is 22.8 Å². The third-order valence-corrected chi connectivity index (χ3v) is 4.25. The van der Waals surface area contributed by atoms with E-state index in [9.17, 15) is 0 Å². The number of rotatable bonds is 6. The lowest BCUT2D eigenvalue weighted by Gasteiger charge is -2.24. The van der Waals surface area contributed by atoms with Gasteiger partial charge in [-0.25, -0.2) is 0 Å². The Morgan fingerprint density at radius 2 is 1.04 bits per heavy atom. The van der Waals surface area contributed by atoms with Gasteiger partial charge in [-0.3, -0.25) is 0 Å². The summed E-state index contributed by atoms with van der Waals surface area (Å²) in [5, 5.41) is 33.4. The summed E-state index contributed by atoms with van der Waals surface area (Å²) in [6, 6.07) is 15.2. The molecule has 0 aliphatic heterocycles. The largest absolute Gasteiger partial charge is 0.159 e. The molecule has 8 nitrogen and oxygen atoms in total. The maximum Gasteiger partial charge on any atom is 0.0729 e. The first-order valence-electron chi connectivity index (χ1n) is 8.51. The van der Waals surface area contributed by atoms with E-state index in [4.69, 9.17) is 0 Å². The molecule has 4 rings (SSSR count). The Morgan fingerprint density at radius 1 is 0.556 bits per heavy atom. The molecule has 4 aromatic heterocycles. The van der Waals surface area contributed by atoms with Crippen molar-refractivity contribution in [2.45, 2.75) is 18.3 Å². The maximum atomic E-state index is 4.35. The zero-order chi connectivity index (χ0) is 18.3. The Hall–Kier alpha value is -3.68. The molecule has 4 aromatic rings. The highest BCUT2D eigenvalue weighted by atomic mass is 15.1. The Morgan fingerprint density at radius 3 is 1.48 bits per heavy atom. The average molecular weight is 356 g/mol. The molecule has 27 heavy (non-hydrogen) atoms. The van der Waals surface area contributed by atoms with Gasteiger partial charge in [-0.05, 0) is 48.5 Å². The second-order valence-electron chi connectivity index (χ2n) is 5.95. The van der Waals surface area contributed by atoms with Gasteiger partial charge in [0.1, 0.15) is 0 Å². The van der Waals surface area contributed by atoms with E-state index in [1.165, 1.54) is 0 Å². The predicted octanol–water partition coefficient (Wildman–Crippen LogP) is 2.00. The van der Waals surface area contributed by atoms with E-state index in [-0.39, 0.29) is 11.8 Å². The van der Waals surface area contributed by atoms with Crippen LogP contribution in [-0.2, 0) is 6.42 Å². The van der Waals surface area contributed by atoms with Crippen LogP contribution in [0.5, 0.6) is 0 Å². The van der Waals surface area contributed by atoms with E-state index in [0.29, 0.717) is 6.42 Å². The van der Waals surface area contributed by atoms with Crippen LogP contribution in [0, 0.1) is 0 Å². The molecule has 0 aliphatic rings. The smallest absolute Gasteiger partial charge is 0.0729 e. The average Bonchev–Trinajstić information content (AvgIpc) is 2.76. The van der Waals surface area contributed by atoms with Gasteiger partial charge < -0.3 is 0 Å². The molecule has 0 radical (unpaired) electrons. The molecule has 0 bridgehead atoms. The molecule has 8 heteroatoms. The molecule has 0 saturated heterocycles. The quantitative estimate of drug-likeness (QED) is 0.517. The molecule has 1 unspecified atom stereocenters. The van der Waals surface area contributed by atoms with Crippen molar-refractivity contribution >= 4 is 0 Å². The maximum absolute atomic E-state index is 4.35. The fourth-order valence-electron chi connectivity index (χ4n) is 3.09. The van der Waals surface area contributed by atoms with E-state index in [1.54, 1.807) is 24.8 Å². The van der Waals surface area contributed by atoms with Crippen molar-refractivity contribution in [3.05, 3.63) is 96.1 Å². The van der Waals surface area contributed by atoms with Crippen LogP contribution in [-0.4, -0.2) is 40.8 Å². The van der Waals surface area contributed by atoms with Gasteiger partial charge in [0.2, 0.25) is 0 Å². The topological polar surface area (TPSA) is 103 Å². The second-order valence-corrected chi connectivity index (χ2v) is 5.95. The van der Waals surface area contributed by atoms with Crippen molar-refractivity contribution in [2.75, 3.05) is 0 Å². The Kier molecular flexibility index (Phi) is 5.05. The minimum Gasteiger partial charge on any atom is -0.159 e. The van der Waals surface area contributed by atoms with Crippen molar-refractivity contribution in [3.8, 4) is 0 Å². The van der Waals surface area contributed by atoms with Gasteiger partial charge in [-0.2, -0.15) is 40.8 Å². The first-order valence-corrected chi connectivity index (χ1v) is 8.51. The van der Waals surface area contributed by atoms with Crippen LogP contribution in [0.4, 0.5) is 0 Å². The van der Waals surface area contributed by atoms with Crippen molar-refractivity contribution in [1.82, 2.24) is 40.8 Å². The van der Waals surface area contributed by atoms with Crippen molar-refractivity contribution in [1.29, 1.82) is 0 Å². The molecule has 0 amide bonds. The van der Waals surface area contributed by atoms with Gasteiger partial charge >= 0.3 is 0 Å². The summed E-state index contributed by atoms with van der Waals surface area (Å²) in [7, 11) is 0. The zero-order valence-corrected chi connectivity index (χ0v) is 14.4. The monoisotopic (exact) mass is 356 g/mol. The summed E-state index contributed by atoms with van der Waals surface area (Å²) in [5.74, 6) is -0.310. The highest BCUT2D eigenvalue weighted by Crippen LogP contribution is 2.37. The highest BCUT2D eigenvalue weighted by Gasteiger charge is 2.31. The number of hydrogen-bond donors (Lipinski definition) is 0. The summed E-state index contributed by atoms with van der Waals surface area (Å²) in [6.07, 6.45) is 7.21. The van der Waals surface area contributed by atoms with Crippen molar-refractivity contribution in [3.63, 3.8) is 0 Å². The van der Waals surface area contributed by atoms with Crippen LogP contribution in [0.2, 0.25) is 0 Å². The van der Waals surface area contributed by atoms with Gasteiger partial charge in [0.25, 0.3) is 0 Å². The van der Waals surface area contributed by atoms with Crippen LogP contribution in [0.15, 0.2) is 73.3 Å². The highest BCUT2D eigenvalue weighted by molar-refractivity contribution is 5.29. The van der Waals surface area contributed by atoms with Crippen molar-refractivity contribution in [2.24, 2.45) is 0 Å². The van der Waals surface area contributed by atoms with E-state index < -0.39 is 0 Å². The van der Waals surface area contributed by atoms with Gasteiger partial charge in [0, 0.05) is 37.1 Å². The fourth-order valence-corrected chi connectivity index (χ4v) is 3.09. The molecule has 1 atom stereocenters. The molecule has 0 aliphatic carbocycles. The Bertz CT molecular complexity index is 912. The standard InChI is InChI=1S/C19H16N8/c1-5-14(24-20-9-1)13-15(16-6-2-10-21-25-16)19(17-7-3-11-22-26-17)18-8-4-12-23-27-18/h1-12,15,19H,13H2. The lowest BCUT2D eigenvalue weighted by atomic mass is 9.81. The third kappa shape index (κ3) is 3.95. The van der Waals surface area contributed by atoms with E-state index in [2.05, 4.69) is 40.8 Å². The van der Waals surface area contributed by atoms with Crippen LogP contribution in [0.3, 0.4) is 0 Å². The second kappa shape index (κ2) is 8.13. The first-order chi connectivity index (χ1) is 13.4. The number of nitrogens with zero attached hydrogens (tertiary/aromatic N) is 8. The summed E-state index contributed by atoms with van der Waals surface area (Å²) in [5.41, 5.74) is 3.26. The molecule has 0 fully saturated rings. The van der Waals surface area contributed by atoms with Crippen LogP contribution in [0.1, 0.15) is 34.6 Å². The van der Waals surface area contributed by atoms with E-state index >= 15 is 0 Å². The SMILES string of the molecule is c1cnnc(CC(c2cccnn2)C(c2cccnn2)c2cccnn2)c1. The van der Waals surface area contributed by atoms with Gasteiger partial charge in [-0.1, -0.05) is 0 Å². The Labute approximate surface area is 155 Å². The minimum atomic E-state index is -0.203. The molecular formula is C19H16N8. The molecule has 4 heterocycles. The molecular weight excluding hydrogens is 340 g/mol. The summed E-state index contributed by atoms with van der Waals surface area (Å²) >= 11 is 0. The molecule has 0 saturated carbocycles. The number of hydrogen-bond acceptors (Lipinski definition) is 8. The summed E-state index contributed by atoms with van der Waals surface area (Å²) in [4.78, 5) is 0. The van der Waals surface area contributed by atoms with Gasteiger partial charge in [-0.15, -0.1) is 0 Å². The minimum absolute atomic E-state index is 0.108. The van der Waals surface area contributed by atoms with Gasteiger partial charge in [0.15, 0.2) is 0 Å². The van der Waals surface area contributed by atoms with Crippen LogP contribution >= 0.6 is 0 Å². The van der Waals surface area contributed by atoms with E-state index in [1.807, 2.05) is 48.5 Å². The molecule has 0 N–H and O–H groups in total. The molecule has 0 spiro atoms. The van der Waals surface area contributed by atoms with Crippen LogP contribution < -0.4 is 0 Å². The third-order valence-electron chi connectivity index (χ3n) is 4.25. The number of aromatic nitrogens is 8. The molecule has 132 valence electrons. The lowest BCUT2D eigenvalue weighted by Crippen LogP contribution is -2.20. The van der Waals surface area contributed by atoms with Gasteiger partial charge in [0.05, 0.1) is 28.7 Å². The Balaban J connectivity index is 1.83. The summed E-state index contributed by atoms with van der Waals surface area (Å²) < 4.78 is 0. The molecule has 0 aromatic carbocycles. The lowest BCUT2D eigenvalue weighted by molar-refractivity contribution is 0.538. The first kappa shape index (κ1) is 16.8.